The van der Waals surface area contributed by atoms with Crippen molar-refractivity contribution in [1.29, 1.82) is 0 Å². The Kier molecular flexibility index (Phi) is 5.83. The quantitative estimate of drug-likeness (QED) is 0.840. The van der Waals surface area contributed by atoms with Crippen LogP contribution in [0.2, 0.25) is 5.02 Å². The van der Waals surface area contributed by atoms with Crippen LogP contribution >= 0.6 is 11.6 Å². The number of nitrogens with zero attached hydrogens (tertiary/aromatic N) is 2. The number of benzene rings is 1. The lowest BCUT2D eigenvalue weighted by atomic mass is 9.89. The Labute approximate surface area is 142 Å². The van der Waals surface area contributed by atoms with Crippen LogP contribution in [-0.4, -0.2) is 22.0 Å². The molecule has 4 nitrogen and oxygen atoms in total. The third-order valence-electron chi connectivity index (χ3n) is 4.23. The van der Waals surface area contributed by atoms with Crippen molar-refractivity contribution in [2.24, 2.45) is 5.41 Å². The summed E-state index contributed by atoms with van der Waals surface area (Å²) in [6, 6.07) is 7.80. The normalized spacial score (nSPS) is 11.5. The van der Waals surface area contributed by atoms with E-state index in [1.807, 2.05) is 51.2 Å². The number of carbonyl (C=O) groups is 1. The number of aromatic nitrogens is 2. The van der Waals surface area contributed by atoms with Crippen molar-refractivity contribution in [2.75, 3.05) is 6.54 Å². The maximum Gasteiger partial charge on any atom is 0.225 e. The molecule has 1 amide bonds. The van der Waals surface area contributed by atoms with Crippen LogP contribution in [0, 0.1) is 5.41 Å². The highest BCUT2D eigenvalue weighted by Crippen LogP contribution is 2.19. The van der Waals surface area contributed by atoms with Gasteiger partial charge in [0.2, 0.25) is 5.91 Å². The average Bonchev–Trinajstić information content (AvgIpc) is 2.96. The highest BCUT2D eigenvalue weighted by atomic mass is 35.5. The third-order valence-corrected chi connectivity index (χ3v) is 4.60. The van der Waals surface area contributed by atoms with E-state index in [1.165, 1.54) is 0 Å². The Morgan fingerprint density at radius 2 is 2.09 bits per heavy atom. The van der Waals surface area contributed by atoms with E-state index in [0.29, 0.717) is 19.5 Å². The molecule has 0 bridgehead atoms. The zero-order valence-corrected chi connectivity index (χ0v) is 14.7. The smallest absolute Gasteiger partial charge is 0.225 e. The Hall–Kier alpha value is -1.81. The van der Waals surface area contributed by atoms with E-state index < -0.39 is 0 Å². The molecule has 0 aliphatic heterocycles. The molecule has 0 radical (unpaired) electrons. The Balaban J connectivity index is 1.94. The van der Waals surface area contributed by atoms with Gasteiger partial charge < -0.3 is 9.88 Å². The van der Waals surface area contributed by atoms with E-state index >= 15 is 0 Å². The monoisotopic (exact) mass is 333 g/mol. The molecule has 2 aromatic rings. The molecule has 0 spiro atoms. The highest BCUT2D eigenvalue weighted by Gasteiger charge is 2.24. The fourth-order valence-electron chi connectivity index (χ4n) is 2.21. The van der Waals surface area contributed by atoms with Crippen LogP contribution in [0.25, 0.3) is 0 Å². The van der Waals surface area contributed by atoms with Gasteiger partial charge >= 0.3 is 0 Å². The van der Waals surface area contributed by atoms with Crippen molar-refractivity contribution in [3.63, 3.8) is 0 Å². The maximum atomic E-state index is 12.1. The zero-order valence-electron chi connectivity index (χ0n) is 14.0. The first-order chi connectivity index (χ1) is 10.9. The van der Waals surface area contributed by atoms with Gasteiger partial charge in [0.25, 0.3) is 0 Å². The maximum absolute atomic E-state index is 12.1. The van der Waals surface area contributed by atoms with E-state index in [2.05, 4.69) is 14.9 Å². The Morgan fingerprint density at radius 1 is 1.35 bits per heavy atom. The molecule has 2 rings (SSSR count). The molecule has 23 heavy (non-hydrogen) atoms. The summed E-state index contributed by atoms with van der Waals surface area (Å²) in [7, 11) is 0. The molecule has 0 atom stereocenters. The summed E-state index contributed by atoms with van der Waals surface area (Å²) in [6.07, 6.45) is 5.24. The number of hydrogen-bond acceptors (Lipinski definition) is 2. The summed E-state index contributed by atoms with van der Waals surface area (Å²) in [5, 5.41) is 3.75. The number of amides is 1. The largest absolute Gasteiger partial charge is 0.355 e. The second-order valence-corrected chi connectivity index (χ2v) is 6.71. The van der Waals surface area contributed by atoms with Gasteiger partial charge in [-0.2, -0.15) is 0 Å². The van der Waals surface area contributed by atoms with Crippen LogP contribution in [0.3, 0.4) is 0 Å². The number of imidazole rings is 1. The molecular weight excluding hydrogens is 310 g/mol. The van der Waals surface area contributed by atoms with Crippen molar-refractivity contribution in [3.05, 3.63) is 53.1 Å². The second kappa shape index (κ2) is 7.64. The second-order valence-electron chi connectivity index (χ2n) is 6.31. The van der Waals surface area contributed by atoms with E-state index in [1.54, 1.807) is 6.20 Å². The molecule has 1 N–H and O–H groups in total. The first-order valence-electron chi connectivity index (χ1n) is 7.95. The fourth-order valence-corrected chi connectivity index (χ4v) is 2.41. The van der Waals surface area contributed by atoms with E-state index in [9.17, 15) is 4.79 Å². The zero-order chi connectivity index (χ0) is 16.9. The minimum absolute atomic E-state index is 0.0872. The van der Waals surface area contributed by atoms with E-state index in [-0.39, 0.29) is 11.3 Å². The molecule has 0 saturated heterocycles. The lowest BCUT2D eigenvalue weighted by Crippen LogP contribution is -2.37. The predicted octanol–water partition coefficient (Wildman–Crippen LogP) is 3.68. The minimum Gasteiger partial charge on any atom is -0.355 e. The van der Waals surface area contributed by atoms with E-state index in [4.69, 9.17) is 11.6 Å². The van der Waals surface area contributed by atoms with Gasteiger partial charge in [0, 0.05) is 35.8 Å². The molecule has 0 fully saturated rings. The van der Waals surface area contributed by atoms with Gasteiger partial charge in [-0.1, -0.05) is 50.6 Å². The molecule has 0 aliphatic carbocycles. The molecule has 5 heteroatoms. The Morgan fingerprint density at radius 3 is 2.78 bits per heavy atom. The molecule has 124 valence electrons. The summed E-state index contributed by atoms with van der Waals surface area (Å²) in [5.74, 6) is 1.03. The molecule has 1 aromatic heterocycles. The van der Waals surface area contributed by atoms with Gasteiger partial charge in [-0.25, -0.2) is 4.98 Å². The standard InChI is InChI=1S/C18H24ClN3O/c1-4-18(2,3)17(23)21-10-9-16-20-11-12-22(16)13-14-7-5-6-8-15(14)19/h5-8,11-12H,4,9-10,13H2,1-3H3,(H,21,23). The molecule has 0 aliphatic rings. The van der Waals surface area contributed by atoms with Crippen LogP contribution in [0.5, 0.6) is 0 Å². The first kappa shape index (κ1) is 17.5. The topological polar surface area (TPSA) is 46.9 Å². The van der Waals surface area contributed by atoms with Crippen molar-refractivity contribution >= 4 is 17.5 Å². The van der Waals surface area contributed by atoms with Gasteiger partial charge in [0.05, 0.1) is 6.54 Å². The lowest BCUT2D eigenvalue weighted by Gasteiger charge is -2.21. The number of hydrogen-bond donors (Lipinski definition) is 1. The molecule has 0 unspecified atom stereocenters. The molecular formula is C18H24ClN3O. The summed E-state index contributed by atoms with van der Waals surface area (Å²) in [5.41, 5.74) is 0.733. The van der Waals surface area contributed by atoms with Crippen molar-refractivity contribution in [1.82, 2.24) is 14.9 Å². The van der Waals surface area contributed by atoms with Crippen LogP contribution < -0.4 is 5.32 Å². The van der Waals surface area contributed by atoms with Gasteiger partial charge in [-0.3, -0.25) is 4.79 Å². The molecule has 1 aromatic carbocycles. The SMILES string of the molecule is CCC(C)(C)C(=O)NCCc1nccn1Cc1ccccc1Cl. The van der Waals surface area contributed by atoms with E-state index in [0.717, 1.165) is 22.8 Å². The number of rotatable bonds is 7. The minimum atomic E-state index is -0.326. The van der Waals surface area contributed by atoms with Gasteiger partial charge in [-0.15, -0.1) is 0 Å². The summed E-state index contributed by atoms with van der Waals surface area (Å²) in [4.78, 5) is 16.5. The van der Waals surface area contributed by atoms with Crippen molar-refractivity contribution in [3.8, 4) is 0 Å². The van der Waals surface area contributed by atoms with Crippen molar-refractivity contribution in [2.45, 2.75) is 40.2 Å². The highest BCUT2D eigenvalue weighted by molar-refractivity contribution is 6.31. The van der Waals surface area contributed by atoms with Crippen LogP contribution in [0.15, 0.2) is 36.7 Å². The number of halogens is 1. The molecule has 0 saturated carbocycles. The summed E-state index contributed by atoms with van der Waals surface area (Å²) < 4.78 is 2.07. The van der Waals surface area contributed by atoms with Gasteiger partial charge in [0.1, 0.15) is 5.82 Å². The van der Waals surface area contributed by atoms with Crippen LogP contribution in [0.4, 0.5) is 0 Å². The van der Waals surface area contributed by atoms with Crippen molar-refractivity contribution < 1.29 is 4.79 Å². The fraction of sp³-hybridized carbons (Fsp3) is 0.444. The average molecular weight is 334 g/mol. The Bertz CT molecular complexity index is 664. The third kappa shape index (κ3) is 4.58. The van der Waals surface area contributed by atoms with Crippen LogP contribution in [0.1, 0.15) is 38.6 Å². The van der Waals surface area contributed by atoms with Crippen LogP contribution in [-0.2, 0) is 17.8 Å². The first-order valence-corrected chi connectivity index (χ1v) is 8.33. The van der Waals surface area contributed by atoms with Gasteiger partial charge in [0.15, 0.2) is 0 Å². The number of carbonyl (C=O) groups excluding carboxylic acids is 1. The molecule has 1 heterocycles. The number of nitrogens with one attached hydrogen (secondary N) is 1. The summed E-state index contributed by atoms with van der Waals surface area (Å²) in [6.45, 7) is 7.21. The van der Waals surface area contributed by atoms with Gasteiger partial charge in [-0.05, 0) is 18.1 Å². The lowest BCUT2D eigenvalue weighted by molar-refractivity contribution is -0.129. The summed E-state index contributed by atoms with van der Waals surface area (Å²) >= 11 is 6.21. The predicted molar refractivity (Wildman–Crippen MR) is 93.6 cm³/mol.